The van der Waals surface area contributed by atoms with Gasteiger partial charge in [-0.25, -0.2) is 4.39 Å². The molecule has 74 valence electrons. The Kier molecular flexibility index (Phi) is 2.20. The van der Waals surface area contributed by atoms with Crippen LogP contribution in [0.4, 0.5) is 4.39 Å². The molecule has 0 bridgehead atoms. The summed E-state index contributed by atoms with van der Waals surface area (Å²) in [6.45, 7) is 0. The molecular weight excluding hydrogens is 207 g/mol. The van der Waals surface area contributed by atoms with Crippen LogP contribution in [0.15, 0.2) is 5.38 Å². The Hall–Kier alpha value is -1.43. The van der Waals surface area contributed by atoms with E-state index < -0.39 is 0 Å². The number of nitrogens with zero attached hydrogens (tertiary/aromatic N) is 2. The summed E-state index contributed by atoms with van der Waals surface area (Å²) in [7, 11) is 2.88. The van der Waals surface area contributed by atoms with Gasteiger partial charge in [-0.15, -0.1) is 11.3 Å². The lowest BCUT2D eigenvalue weighted by molar-refractivity contribution is 0.356. The van der Waals surface area contributed by atoms with Gasteiger partial charge in [0.25, 0.3) is 0 Å². The molecule has 0 aliphatic heterocycles. The molecule has 0 aliphatic rings. The summed E-state index contributed by atoms with van der Waals surface area (Å²) in [5.41, 5.74) is 0. The van der Waals surface area contributed by atoms with E-state index in [9.17, 15) is 4.39 Å². The molecule has 0 unspecified atom stereocenters. The van der Waals surface area contributed by atoms with Crippen molar-refractivity contribution in [2.24, 2.45) is 0 Å². The van der Waals surface area contributed by atoms with Crippen LogP contribution in [-0.2, 0) is 0 Å². The maximum Gasteiger partial charge on any atom is 0.320 e. The maximum atomic E-state index is 13.2. The van der Waals surface area contributed by atoms with Crippen molar-refractivity contribution in [3.05, 3.63) is 11.2 Å². The second kappa shape index (κ2) is 3.38. The van der Waals surface area contributed by atoms with Crippen LogP contribution in [0.2, 0.25) is 0 Å². The van der Waals surface area contributed by atoms with E-state index in [0.717, 1.165) is 0 Å². The number of rotatable bonds is 2. The van der Waals surface area contributed by atoms with E-state index >= 15 is 0 Å². The Balaban J connectivity index is 2.76. The van der Waals surface area contributed by atoms with Crippen LogP contribution in [0.1, 0.15) is 0 Å². The predicted molar refractivity (Wildman–Crippen MR) is 50.5 cm³/mol. The number of aromatic nitrogens is 2. The fourth-order valence-corrected chi connectivity index (χ4v) is 1.86. The van der Waals surface area contributed by atoms with Gasteiger partial charge < -0.3 is 9.47 Å². The van der Waals surface area contributed by atoms with E-state index in [1.807, 2.05) is 0 Å². The summed E-state index contributed by atoms with van der Waals surface area (Å²) in [5, 5.41) is 1.67. The lowest BCUT2D eigenvalue weighted by Gasteiger charge is -2.02. The number of fused-ring (bicyclic) bond motifs is 1. The van der Waals surface area contributed by atoms with Crippen LogP contribution < -0.4 is 9.47 Å². The number of hydrogen-bond donors (Lipinski definition) is 0. The fourth-order valence-electron chi connectivity index (χ4n) is 1.10. The van der Waals surface area contributed by atoms with E-state index in [2.05, 4.69) is 9.97 Å². The minimum absolute atomic E-state index is 0.177. The summed E-state index contributed by atoms with van der Waals surface area (Å²) < 4.78 is 23.0. The van der Waals surface area contributed by atoms with Gasteiger partial charge in [0.2, 0.25) is 5.88 Å². The summed E-state index contributed by atoms with van der Waals surface area (Å²) >= 11 is 1.19. The summed E-state index contributed by atoms with van der Waals surface area (Å²) in [6, 6.07) is 0.177. The van der Waals surface area contributed by atoms with E-state index in [4.69, 9.17) is 9.47 Å². The van der Waals surface area contributed by atoms with Crippen molar-refractivity contribution in [2.75, 3.05) is 14.2 Å². The van der Waals surface area contributed by atoms with Crippen molar-refractivity contribution in [3.63, 3.8) is 0 Å². The van der Waals surface area contributed by atoms with E-state index in [1.54, 1.807) is 0 Å². The van der Waals surface area contributed by atoms with Crippen molar-refractivity contribution < 1.29 is 13.9 Å². The Morgan fingerprint density at radius 3 is 2.71 bits per heavy atom. The van der Waals surface area contributed by atoms with Crippen LogP contribution >= 0.6 is 11.3 Å². The molecule has 0 fully saturated rings. The molecule has 0 radical (unpaired) electrons. The molecule has 0 saturated heterocycles. The number of hydrogen-bond acceptors (Lipinski definition) is 5. The van der Waals surface area contributed by atoms with Gasteiger partial charge in [0.1, 0.15) is 16.0 Å². The van der Waals surface area contributed by atoms with Crippen molar-refractivity contribution >= 4 is 21.6 Å². The zero-order chi connectivity index (χ0) is 10.1. The lowest BCUT2D eigenvalue weighted by Crippen LogP contribution is -1.95. The molecule has 0 saturated carbocycles. The second-order valence-electron chi connectivity index (χ2n) is 2.48. The number of ether oxygens (including phenoxy) is 2. The van der Waals surface area contributed by atoms with Crippen LogP contribution in [0.25, 0.3) is 10.2 Å². The summed E-state index contributed by atoms with van der Waals surface area (Å²) in [5.74, 6) is -0.171. The molecule has 2 heterocycles. The molecule has 4 nitrogen and oxygen atoms in total. The highest BCUT2D eigenvalue weighted by Gasteiger charge is 2.14. The molecule has 0 aromatic carbocycles. The van der Waals surface area contributed by atoms with Gasteiger partial charge in [-0.3, -0.25) is 0 Å². The molecule has 2 aromatic heterocycles. The van der Waals surface area contributed by atoms with Crippen molar-refractivity contribution in [1.82, 2.24) is 9.97 Å². The zero-order valence-electron chi connectivity index (χ0n) is 7.57. The molecule has 6 heteroatoms. The van der Waals surface area contributed by atoms with Crippen LogP contribution in [-0.4, -0.2) is 24.2 Å². The smallest absolute Gasteiger partial charge is 0.320 e. The molecule has 2 rings (SSSR count). The summed E-state index contributed by atoms with van der Waals surface area (Å²) in [4.78, 5) is 8.39. The van der Waals surface area contributed by atoms with E-state index in [1.165, 1.54) is 30.9 Å². The van der Waals surface area contributed by atoms with E-state index in [0.29, 0.717) is 10.2 Å². The number of halogens is 1. The van der Waals surface area contributed by atoms with Crippen LogP contribution in [0.5, 0.6) is 11.9 Å². The van der Waals surface area contributed by atoms with Crippen molar-refractivity contribution in [3.8, 4) is 11.9 Å². The third-order valence-electron chi connectivity index (χ3n) is 1.71. The van der Waals surface area contributed by atoms with Crippen molar-refractivity contribution in [2.45, 2.75) is 0 Å². The standard InChI is InChI=1S/C8H7FN2O2S/c1-12-6-5-4(9)3-14-7(5)11-8(10-6)13-2/h3H,1-2H3. The highest BCUT2D eigenvalue weighted by Crippen LogP contribution is 2.31. The van der Waals surface area contributed by atoms with Gasteiger partial charge in [-0.1, -0.05) is 0 Å². The average molecular weight is 214 g/mol. The van der Waals surface area contributed by atoms with Gasteiger partial charge in [0.15, 0.2) is 0 Å². The SMILES string of the molecule is COc1nc(OC)c2c(F)csc2n1. The topological polar surface area (TPSA) is 44.2 Å². The second-order valence-corrected chi connectivity index (χ2v) is 3.34. The third kappa shape index (κ3) is 1.27. The Morgan fingerprint density at radius 2 is 2.07 bits per heavy atom. The zero-order valence-corrected chi connectivity index (χ0v) is 8.39. The molecule has 14 heavy (non-hydrogen) atoms. The van der Waals surface area contributed by atoms with Crippen molar-refractivity contribution in [1.29, 1.82) is 0 Å². The van der Waals surface area contributed by atoms with E-state index in [-0.39, 0.29) is 17.7 Å². The number of thiophene rings is 1. The van der Waals surface area contributed by atoms with Gasteiger partial charge in [0.05, 0.1) is 14.2 Å². The molecule has 0 aliphatic carbocycles. The van der Waals surface area contributed by atoms with Gasteiger partial charge in [0, 0.05) is 5.38 Å². The first-order valence-electron chi connectivity index (χ1n) is 3.79. The van der Waals surface area contributed by atoms with Crippen LogP contribution in [0, 0.1) is 5.82 Å². The Bertz CT molecular complexity index is 472. The first kappa shape index (κ1) is 9.14. The highest BCUT2D eigenvalue weighted by atomic mass is 32.1. The first-order valence-corrected chi connectivity index (χ1v) is 4.67. The predicted octanol–water partition coefficient (Wildman–Crippen LogP) is 1.85. The number of methoxy groups -OCH3 is 2. The fraction of sp³-hybridized carbons (Fsp3) is 0.250. The molecule has 2 aromatic rings. The van der Waals surface area contributed by atoms with Gasteiger partial charge >= 0.3 is 6.01 Å². The monoisotopic (exact) mass is 214 g/mol. The van der Waals surface area contributed by atoms with Crippen LogP contribution in [0.3, 0.4) is 0 Å². The minimum Gasteiger partial charge on any atom is -0.480 e. The quantitative estimate of drug-likeness (QED) is 0.765. The van der Waals surface area contributed by atoms with Gasteiger partial charge in [-0.2, -0.15) is 9.97 Å². The molecule has 0 N–H and O–H groups in total. The molecule has 0 spiro atoms. The normalized spacial score (nSPS) is 10.5. The largest absolute Gasteiger partial charge is 0.480 e. The first-order chi connectivity index (χ1) is 6.76. The molecular formula is C8H7FN2O2S. The maximum absolute atomic E-state index is 13.2. The minimum atomic E-state index is -0.371. The summed E-state index contributed by atoms with van der Waals surface area (Å²) in [6.07, 6.45) is 0. The Morgan fingerprint density at radius 1 is 1.29 bits per heavy atom. The lowest BCUT2D eigenvalue weighted by atomic mass is 10.4. The average Bonchev–Trinajstić information content (AvgIpc) is 2.59. The third-order valence-corrected chi connectivity index (χ3v) is 2.55. The van der Waals surface area contributed by atoms with Gasteiger partial charge in [-0.05, 0) is 0 Å². The molecule has 0 atom stereocenters. The highest BCUT2D eigenvalue weighted by molar-refractivity contribution is 7.16. The molecule has 0 amide bonds. The Labute approximate surface area is 83.3 Å².